The molecule has 1 amide bonds. The third kappa shape index (κ3) is 5.56. The smallest absolute Gasteiger partial charge is 0.312 e. The number of carbonyl (C=O) groups excluding carboxylic acids is 1. The molecular weight excluding hydrogens is 182 g/mol. The molecule has 0 aliphatic rings. The van der Waals surface area contributed by atoms with Crippen molar-refractivity contribution >= 4 is 11.9 Å². The van der Waals surface area contributed by atoms with Gasteiger partial charge in [0.25, 0.3) is 0 Å². The van der Waals surface area contributed by atoms with Crippen molar-refractivity contribution in [2.45, 2.75) is 34.1 Å². The first-order chi connectivity index (χ1) is 6.23. The van der Waals surface area contributed by atoms with Crippen LogP contribution < -0.4 is 5.32 Å². The first-order valence-electron chi connectivity index (χ1n) is 4.72. The van der Waals surface area contributed by atoms with Gasteiger partial charge < -0.3 is 10.4 Å². The zero-order valence-corrected chi connectivity index (χ0v) is 9.26. The van der Waals surface area contributed by atoms with Crippen LogP contribution >= 0.6 is 0 Å². The lowest BCUT2D eigenvalue weighted by atomic mass is 9.82. The topological polar surface area (TPSA) is 66.4 Å². The van der Waals surface area contributed by atoms with Crippen LogP contribution in [0.25, 0.3) is 0 Å². The highest BCUT2D eigenvalue weighted by Crippen LogP contribution is 2.24. The molecule has 0 aromatic heterocycles. The minimum absolute atomic E-state index is 0.122. The summed E-state index contributed by atoms with van der Waals surface area (Å²) in [6.07, 6.45) is -0.448. The van der Waals surface area contributed by atoms with E-state index in [1.807, 2.05) is 6.92 Å². The Morgan fingerprint density at radius 3 is 2.21 bits per heavy atom. The van der Waals surface area contributed by atoms with Crippen LogP contribution in [0.4, 0.5) is 0 Å². The summed E-state index contributed by atoms with van der Waals surface area (Å²) in [5, 5.41) is 10.9. The summed E-state index contributed by atoms with van der Waals surface area (Å²) in [5.74, 6) is -1.19. The maximum Gasteiger partial charge on any atom is 0.312 e. The summed E-state index contributed by atoms with van der Waals surface area (Å²) in [6, 6.07) is 0. The van der Waals surface area contributed by atoms with Crippen LogP contribution in [0.3, 0.4) is 0 Å². The summed E-state index contributed by atoms with van der Waals surface area (Å²) in [4.78, 5) is 21.2. The van der Waals surface area contributed by atoms with Crippen molar-refractivity contribution in [3.63, 3.8) is 0 Å². The van der Waals surface area contributed by atoms with E-state index < -0.39 is 18.3 Å². The third-order valence-electron chi connectivity index (χ3n) is 2.40. The number of rotatable bonds is 4. The molecule has 2 N–H and O–H groups in total. The molecule has 0 rings (SSSR count). The molecule has 4 nitrogen and oxygen atoms in total. The molecule has 0 spiro atoms. The number of carbonyl (C=O) groups is 2. The second-order valence-corrected chi connectivity index (χ2v) is 4.64. The molecule has 0 saturated heterocycles. The van der Waals surface area contributed by atoms with Gasteiger partial charge in [0, 0.05) is 6.54 Å². The van der Waals surface area contributed by atoms with Gasteiger partial charge in [-0.1, -0.05) is 27.7 Å². The molecule has 0 bridgehead atoms. The highest BCUT2D eigenvalue weighted by atomic mass is 16.4. The van der Waals surface area contributed by atoms with Crippen LogP contribution in [0.2, 0.25) is 0 Å². The van der Waals surface area contributed by atoms with E-state index in [0.717, 1.165) is 0 Å². The molecule has 0 fully saturated rings. The molecule has 4 heteroatoms. The maximum atomic E-state index is 11.0. The molecule has 0 radical (unpaired) electrons. The maximum absolute atomic E-state index is 11.0. The van der Waals surface area contributed by atoms with Gasteiger partial charge in [0.2, 0.25) is 5.91 Å². The molecule has 0 saturated carbocycles. The van der Waals surface area contributed by atoms with Crippen molar-refractivity contribution in [2.75, 3.05) is 6.54 Å². The SMILES string of the molecule is CC(CNC(=O)CC(=O)O)C(C)(C)C. The van der Waals surface area contributed by atoms with Crippen molar-refractivity contribution in [2.24, 2.45) is 11.3 Å². The summed E-state index contributed by atoms with van der Waals surface area (Å²) >= 11 is 0. The zero-order chi connectivity index (χ0) is 11.4. The molecule has 0 aliphatic heterocycles. The lowest BCUT2D eigenvalue weighted by Crippen LogP contribution is -2.34. The quantitative estimate of drug-likeness (QED) is 0.673. The van der Waals surface area contributed by atoms with Crippen LogP contribution in [0.1, 0.15) is 34.1 Å². The van der Waals surface area contributed by atoms with E-state index in [4.69, 9.17) is 5.11 Å². The standard InChI is InChI=1S/C10H19NO3/c1-7(10(2,3)4)6-11-8(12)5-9(13)14/h7H,5-6H2,1-4H3,(H,11,12)(H,13,14). The van der Waals surface area contributed by atoms with E-state index in [9.17, 15) is 9.59 Å². The third-order valence-corrected chi connectivity index (χ3v) is 2.40. The van der Waals surface area contributed by atoms with Crippen molar-refractivity contribution in [1.29, 1.82) is 0 Å². The Labute approximate surface area is 84.7 Å². The Morgan fingerprint density at radius 1 is 1.36 bits per heavy atom. The summed E-state index contributed by atoms with van der Waals surface area (Å²) in [7, 11) is 0. The lowest BCUT2D eigenvalue weighted by Gasteiger charge is -2.27. The van der Waals surface area contributed by atoms with Gasteiger partial charge in [0.05, 0.1) is 0 Å². The molecule has 82 valence electrons. The van der Waals surface area contributed by atoms with Crippen molar-refractivity contribution in [3.8, 4) is 0 Å². The Hall–Kier alpha value is -1.06. The van der Waals surface area contributed by atoms with Gasteiger partial charge >= 0.3 is 5.97 Å². The Balaban J connectivity index is 3.84. The molecule has 0 aliphatic carbocycles. The average Bonchev–Trinajstić information content (AvgIpc) is 1.96. The number of hydrogen-bond donors (Lipinski definition) is 2. The van der Waals surface area contributed by atoms with E-state index in [0.29, 0.717) is 12.5 Å². The largest absolute Gasteiger partial charge is 0.481 e. The average molecular weight is 201 g/mol. The van der Waals surface area contributed by atoms with Crippen LogP contribution in [-0.2, 0) is 9.59 Å². The van der Waals surface area contributed by atoms with Crippen LogP contribution in [0.15, 0.2) is 0 Å². The van der Waals surface area contributed by atoms with Gasteiger partial charge in [-0.05, 0) is 11.3 Å². The fourth-order valence-corrected chi connectivity index (χ4v) is 0.773. The Kier molecular flexibility index (Phi) is 4.60. The van der Waals surface area contributed by atoms with Gasteiger partial charge in [-0.3, -0.25) is 9.59 Å². The van der Waals surface area contributed by atoms with Crippen LogP contribution in [-0.4, -0.2) is 23.5 Å². The van der Waals surface area contributed by atoms with Crippen LogP contribution in [0.5, 0.6) is 0 Å². The molecule has 1 atom stereocenters. The first kappa shape index (κ1) is 12.9. The fourth-order valence-electron chi connectivity index (χ4n) is 0.773. The highest BCUT2D eigenvalue weighted by molar-refractivity contribution is 5.93. The van der Waals surface area contributed by atoms with E-state index in [1.165, 1.54) is 0 Å². The van der Waals surface area contributed by atoms with Crippen molar-refractivity contribution in [1.82, 2.24) is 5.32 Å². The van der Waals surface area contributed by atoms with E-state index in [-0.39, 0.29) is 5.41 Å². The van der Waals surface area contributed by atoms with Crippen molar-refractivity contribution in [3.05, 3.63) is 0 Å². The lowest BCUT2D eigenvalue weighted by molar-refractivity contribution is -0.140. The van der Waals surface area contributed by atoms with E-state index >= 15 is 0 Å². The fraction of sp³-hybridized carbons (Fsp3) is 0.800. The van der Waals surface area contributed by atoms with E-state index in [2.05, 4.69) is 26.1 Å². The van der Waals surface area contributed by atoms with Gasteiger partial charge in [-0.2, -0.15) is 0 Å². The minimum Gasteiger partial charge on any atom is -0.481 e. The molecule has 0 heterocycles. The minimum atomic E-state index is -1.09. The predicted molar refractivity (Wildman–Crippen MR) is 53.9 cm³/mol. The van der Waals surface area contributed by atoms with Gasteiger partial charge in [-0.25, -0.2) is 0 Å². The van der Waals surface area contributed by atoms with Crippen molar-refractivity contribution < 1.29 is 14.7 Å². The summed E-state index contributed by atoms with van der Waals surface area (Å²) < 4.78 is 0. The predicted octanol–water partition coefficient (Wildman–Crippen LogP) is 1.26. The monoisotopic (exact) mass is 201 g/mol. The number of hydrogen-bond acceptors (Lipinski definition) is 2. The van der Waals surface area contributed by atoms with Gasteiger partial charge in [-0.15, -0.1) is 0 Å². The number of amides is 1. The second kappa shape index (κ2) is 4.98. The molecule has 1 unspecified atom stereocenters. The molecular formula is C10H19NO3. The Bertz CT molecular complexity index is 218. The summed E-state index contributed by atoms with van der Waals surface area (Å²) in [5.41, 5.74) is 0.122. The normalized spacial score (nSPS) is 13.4. The molecule has 0 aromatic carbocycles. The van der Waals surface area contributed by atoms with Crippen LogP contribution in [0, 0.1) is 11.3 Å². The Morgan fingerprint density at radius 2 is 1.86 bits per heavy atom. The van der Waals surface area contributed by atoms with Gasteiger partial charge in [0.15, 0.2) is 0 Å². The second-order valence-electron chi connectivity index (χ2n) is 4.64. The molecule has 14 heavy (non-hydrogen) atoms. The van der Waals surface area contributed by atoms with Gasteiger partial charge in [0.1, 0.15) is 6.42 Å². The number of carboxylic acid groups (broad SMARTS) is 1. The number of aliphatic carboxylic acids is 1. The first-order valence-corrected chi connectivity index (χ1v) is 4.72. The number of carboxylic acids is 1. The number of nitrogens with one attached hydrogen (secondary N) is 1. The van der Waals surface area contributed by atoms with E-state index in [1.54, 1.807) is 0 Å². The zero-order valence-electron chi connectivity index (χ0n) is 9.26. The highest BCUT2D eigenvalue weighted by Gasteiger charge is 2.20. The summed E-state index contributed by atoms with van der Waals surface area (Å²) in [6.45, 7) is 8.81. The molecule has 0 aromatic rings.